The zero-order valence-corrected chi connectivity index (χ0v) is 13.8. The summed E-state index contributed by atoms with van der Waals surface area (Å²) in [7, 11) is -4.00. The van der Waals surface area contributed by atoms with Crippen molar-refractivity contribution >= 4 is 22.6 Å². The zero-order chi connectivity index (χ0) is 19.0. The zero-order valence-electron chi connectivity index (χ0n) is 12.2. The van der Waals surface area contributed by atoms with Crippen LogP contribution in [0.1, 0.15) is 17.9 Å². The van der Waals surface area contributed by atoms with Crippen LogP contribution in [0.25, 0.3) is 0 Å². The maximum absolute atomic E-state index is 13.5. The number of allylic oxidation sites excluding steroid dienone is 2. The molecule has 25 heavy (non-hydrogen) atoms. The van der Waals surface area contributed by atoms with Crippen LogP contribution in [0.15, 0.2) is 42.1 Å². The van der Waals surface area contributed by atoms with Gasteiger partial charge in [-0.25, -0.2) is 4.21 Å². The van der Waals surface area contributed by atoms with Crippen LogP contribution in [-0.4, -0.2) is 31.9 Å². The Morgan fingerprint density at radius 3 is 2.08 bits per heavy atom. The van der Waals surface area contributed by atoms with Gasteiger partial charge in [-0.1, -0.05) is 30.3 Å². The van der Waals surface area contributed by atoms with Crippen LogP contribution >= 0.6 is 11.6 Å². The van der Waals surface area contributed by atoms with Gasteiger partial charge >= 0.3 is 16.8 Å². The molecule has 1 aliphatic heterocycles. The molecule has 0 N–H and O–H groups in total. The number of hydrogen-bond acceptors (Lipinski definition) is 1. The van der Waals surface area contributed by atoms with Crippen LogP contribution in [0.2, 0.25) is 0 Å². The van der Waals surface area contributed by atoms with E-state index in [0.29, 0.717) is 11.6 Å². The first-order valence-electron chi connectivity index (χ1n) is 6.83. The van der Waals surface area contributed by atoms with Gasteiger partial charge in [-0.15, -0.1) is 0 Å². The summed E-state index contributed by atoms with van der Waals surface area (Å²) >= 11 is 4.22. The van der Waals surface area contributed by atoms with Crippen molar-refractivity contribution in [1.29, 1.82) is 0 Å². The monoisotopic (exact) mass is 409 g/mol. The van der Waals surface area contributed by atoms with Crippen molar-refractivity contribution in [3.63, 3.8) is 0 Å². The lowest BCUT2D eigenvalue weighted by Crippen LogP contribution is -2.49. The number of rotatable bonds is 4. The van der Waals surface area contributed by atoms with Crippen molar-refractivity contribution in [3.8, 4) is 0 Å². The molecule has 140 valence electrons. The summed E-state index contributed by atoms with van der Waals surface area (Å²) in [4.78, 5) is 0. The predicted molar refractivity (Wildman–Crippen MR) is 78.5 cm³/mol. The molecule has 0 radical (unpaired) electrons. The molecule has 0 spiro atoms. The van der Waals surface area contributed by atoms with E-state index in [1.165, 1.54) is 0 Å². The van der Waals surface area contributed by atoms with E-state index in [9.17, 15) is 34.9 Å². The van der Waals surface area contributed by atoms with Crippen molar-refractivity contribution < 1.29 is 34.9 Å². The lowest BCUT2D eigenvalue weighted by atomic mass is 9.92. The third kappa shape index (κ3) is 4.11. The van der Waals surface area contributed by atoms with E-state index >= 15 is 0 Å². The highest BCUT2D eigenvalue weighted by molar-refractivity contribution is 7.84. The van der Waals surface area contributed by atoms with Gasteiger partial charge < -0.3 is 0 Å². The molecule has 0 amide bonds. The number of alkyl halides is 8. The molecular formula is C14H11ClF7NOS. The summed E-state index contributed by atoms with van der Waals surface area (Å²) in [5, 5.41) is -10.6. The van der Waals surface area contributed by atoms with Crippen LogP contribution in [-0.2, 0) is 11.0 Å². The Labute approximate surface area is 145 Å². The van der Waals surface area contributed by atoms with Crippen LogP contribution < -0.4 is 0 Å². The largest absolute Gasteiger partial charge is 0.431 e. The van der Waals surface area contributed by atoms with Crippen molar-refractivity contribution in [2.45, 2.75) is 29.2 Å². The number of halogens is 8. The van der Waals surface area contributed by atoms with E-state index in [1.807, 2.05) is 0 Å². The van der Waals surface area contributed by atoms with E-state index < -0.39 is 46.0 Å². The van der Waals surface area contributed by atoms with Crippen LogP contribution in [0.3, 0.4) is 0 Å². The molecule has 0 fully saturated rings. The first-order valence-corrected chi connectivity index (χ1v) is 8.32. The quantitative estimate of drug-likeness (QED) is 0.505. The third-order valence-electron chi connectivity index (χ3n) is 3.54. The second kappa shape index (κ2) is 6.79. The molecule has 0 saturated carbocycles. The molecule has 0 saturated heterocycles. The summed E-state index contributed by atoms with van der Waals surface area (Å²) in [6.45, 7) is -0.750. The van der Waals surface area contributed by atoms with Crippen molar-refractivity contribution in [3.05, 3.63) is 47.7 Å². The molecule has 0 bridgehead atoms. The van der Waals surface area contributed by atoms with Gasteiger partial charge in [-0.3, -0.25) is 4.31 Å². The number of hydrogen-bond donors (Lipinski definition) is 0. The molecule has 0 aromatic heterocycles. The summed E-state index contributed by atoms with van der Waals surface area (Å²) in [6, 6.07) is 7.91. The van der Waals surface area contributed by atoms with Gasteiger partial charge in [0.05, 0.1) is 0 Å². The first kappa shape index (κ1) is 20.0. The van der Waals surface area contributed by atoms with Gasteiger partial charge in [0.15, 0.2) is 11.0 Å². The van der Waals surface area contributed by atoms with E-state index in [1.54, 1.807) is 30.3 Å². The van der Waals surface area contributed by atoms with Gasteiger partial charge in [0.1, 0.15) is 5.70 Å². The average Bonchev–Trinajstić information content (AvgIpc) is 2.52. The van der Waals surface area contributed by atoms with E-state index in [2.05, 4.69) is 11.6 Å². The molecular weight excluding hydrogens is 399 g/mol. The fraction of sp³-hybridized carbons (Fsp3) is 0.429. The Balaban J connectivity index is 2.42. The molecule has 1 heterocycles. The van der Waals surface area contributed by atoms with Gasteiger partial charge in [0.25, 0.3) is 0 Å². The van der Waals surface area contributed by atoms with Gasteiger partial charge in [0.2, 0.25) is 0 Å². The van der Waals surface area contributed by atoms with Crippen molar-refractivity contribution in [2.75, 3.05) is 6.54 Å². The molecule has 11 heteroatoms. The lowest BCUT2D eigenvalue weighted by Gasteiger charge is -2.36. The second-order valence-electron chi connectivity index (χ2n) is 5.22. The Morgan fingerprint density at radius 2 is 1.60 bits per heavy atom. The Bertz CT molecular complexity index is 672. The van der Waals surface area contributed by atoms with Gasteiger partial charge in [0, 0.05) is 12.5 Å². The SMILES string of the molecule is O=[S@](N1CC[C@@H](c2ccccc2)C=C1C(F)(F)F)C(F)(F)C(F)(F)Cl. The summed E-state index contributed by atoms with van der Waals surface area (Å²) in [6.07, 6.45) is -4.65. The minimum atomic E-state index is -5.36. The van der Waals surface area contributed by atoms with Gasteiger partial charge in [-0.05, 0) is 29.7 Å². The molecule has 1 aromatic carbocycles. The topological polar surface area (TPSA) is 20.3 Å². The summed E-state index contributed by atoms with van der Waals surface area (Å²) in [5.74, 6) is -0.781. The third-order valence-corrected chi connectivity index (χ3v) is 5.36. The van der Waals surface area contributed by atoms with Crippen molar-refractivity contribution in [1.82, 2.24) is 4.31 Å². The van der Waals surface area contributed by atoms with Crippen LogP contribution in [0, 0.1) is 0 Å². The molecule has 1 aliphatic rings. The fourth-order valence-electron chi connectivity index (χ4n) is 2.34. The Morgan fingerprint density at radius 1 is 1.04 bits per heavy atom. The molecule has 1 aromatic rings. The predicted octanol–water partition coefficient (Wildman–Crippen LogP) is 5.01. The maximum Gasteiger partial charge on any atom is 0.431 e. The fourth-order valence-corrected chi connectivity index (χ4v) is 3.63. The molecule has 2 nitrogen and oxygen atoms in total. The average molecular weight is 410 g/mol. The van der Waals surface area contributed by atoms with Gasteiger partial charge in [-0.2, -0.15) is 30.7 Å². The van der Waals surface area contributed by atoms with E-state index in [-0.39, 0.29) is 10.7 Å². The minimum absolute atomic E-state index is 0.112. The molecule has 2 atom stereocenters. The molecule has 0 aliphatic carbocycles. The van der Waals surface area contributed by atoms with E-state index in [0.717, 1.165) is 0 Å². The molecule has 2 rings (SSSR count). The Hall–Kier alpha value is -1.29. The highest BCUT2D eigenvalue weighted by atomic mass is 35.5. The van der Waals surface area contributed by atoms with Crippen LogP contribution in [0.4, 0.5) is 30.7 Å². The maximum atomic E-state index is 13.5. The van der Waals surface area contributed by atoms with E-state index in [4.69, 9.17) is 0 Å². The number of nitrogens with zero attached hydrogens (tertiary/aromatic N) is 1. The summed E-state index contributed by atoms with van der Waals surface area (Å²) < 4.78 is 104. The minimum Gasteiger partial charge on any atom is -0.282 e. The molecule has 0 unspecified atom stereocenters. The highest BCUT2D eigenvalue weighted by Gasteiger charge is 2.63. The summed E-state index contributed by atoms with van der Waals surface area (Å²) in [5.41, 5.74) is -1.17. The standard InChI is InChI=1S/C14H11ClF7NOS/c15-13(19,20)14(21,22)25(24)23-7-6-10(8-11(23)12(16,17)18)9-4-2-1-3-5-9/h1-5,8,10H,6-7H2/t10-,25+/m1/s1. The number of benzene rings is 1. The lowest BCUT2D eigenvalue weighted by molar-refractivity contribution is -0.112. The first-order chi connectivity index (χ1) is 11.4. The second-order valence-corrected chi connectivity index (χ2v) is 7.15. The normalized spacial score (nSPS) is 21.0. The smallest absolute Gasteiger partial charge is 0.282 e. The highest BCUT2D eigenvalue weighted by Crippen LogP contribution is 2.45. The Kier molecular flexibility index (Phi) is 5.44. The van der Waals surface area contributed by atoms with Crippen molar-refractivity contribution in [2.24, 2.45) is 0 Å². The van der Waals surface area contributed by atoms with Crippen LogP contribution in [0.5, 0.6) is 0 Å².